The second-order valence-electron chi connectivity index (χ2n) is 8.73. The molecule has 2 aliphatic heterocycles. The SMILES string of the molecule is COC(=O)c1ccc2c(c1)N(C1(OC)c3cc([N+](=O)[O-])ccc3OC(C)(C)C1(O)OC)C(S(=O)(=O)O)O2. The maximum absolute atomic E-state index is 12.6. The van der Waals surface area contributed by atoms with Crippen LogP contribution in [0.15, 0.2) is 36.4 Å². The van der Waals surface area contributed by atoms with E-state index in [1.165, 1.54) is 38.1 Å². The van der Waals surface area contributed by atoms with Crippen LogP contribution < -0.4 is 14.4 Å². The monoisotopic (exact) mass is 540 g/mol. The number of ether oxygens (including phenoxy) is 5. The maximum Gasteiger partial charge on any atom is 0.337 e. The van der Waals surface area contributed by atoms with Crippen LogP contribution in [0.5, 0.6) is 11.5 Å². The summed E-state index contributed by atoms with van der Waals surface area (Å²) in [6, 6.07) is 7.17. The Kier molecular flexibility index (Phi) is 6.12. The van der Waals surface area contributed by atoms with E-state index in [1.54, 1.807) is 0 Å². The van der Waals surface area contributed by atoms with Gasteiger partial charge in [-0.3, -0.25) is 19.6 Å². The van der Waals surface area contributed by atoms with Crippen molar-refractivity contribution in [1.29, 1.82) is 0 Å². The standard InChI is InChI=1S/C22H24N2O12S/c1-20(2)22(26,34-5)21(33-4,14-11-13(24(27)28)7-9-16(14)36-20)23-15-10-12(18(25)32-3)6-8-17(15)35-19(23)37(29,30)31/h6-11,19,26H,1-5H3,(H,29,30,31). The third-order valence-corrected chi connectivity index (χ3v) is 7.26. The van der Waals surface area contributed by atoms with Crippen LogP contribution in [0.25, 0.3) is 0 Å². The van der Waals surface area contributed by atoms with Gasteiger partial charge in [0.2, 0.25) is 5.72 Å². The molecule has 3 unspecified atom stereocenters. The Morgan fingerprint density at radius 1 is 1.11 bits per heavy atom. The predicted molar refractivity (Wildman–Crippen MR) is 125 cm³/mol. The van der Waals surface area contributed by atoms with Gasteiger partial charge in [0, 0.05) is 26.4 Å². The van der Waals surface area contributed by atoms with E-state index in [4.69, 9.17) is 23.7 Å². The fraction of sp³-hybridized carbons (Fsp3) is 0.409. The quantitative estimate of drug-likeness (QED) is 0.178. The van der Waals surface area contributed by atoms with Gasteiger partial charge in [-0.1, -0.05) is 0 Å². The van der Waals surface area contributed by atoms with Crippen LogP contribution in [-0.4, -0.2) is 67.2 Å². The number of rotatable bonds is 6. The molecule has 15 heteroatoms. The number of hydrogen-bond acceptors (Lipinski definition) is 12. The zero-order valence-electron chi connectivity index (χ0n) is 20.3. The van der Waals surface area contributed by atoms with E-state index in [9.17, 15) is 33.0 Å². The zero-order chi connectivity index (χ0) is 27.6. The molecule has 37 heavy (non-hydrogen) atoms. The van der Waals surface area contributed by atoms with E-state index in [-0.39, 0.29) is 28.3 Å². The molecule has 0 radical (unpaired) electrons. The van der Waals surface area contributed by atoms with Gasteiger partial charge in [0.25, 0.3) is 11.5 Å². The highest BCUT2D eigenvalue weighted by molar-refractivity contribution is 7.86. The van der Waals surface area contributed by atoms with Gasteiger partial charge in [0.15, 0.2) is 5.60 Å². The van der Waals surface area contributed by atoms with Gasteiger partial charge in [-0.05, 0) is 38.1 Å². The normalized spacial score (nSPS) is 25.9. The minimum atomic E-state index is -5.11. The van der Waals surface area contributed by atoms with Gasteiger partial charge in [0.05, 0.1) is 28.8 Å². The van der Waals surface area contributed by atoms with Gasteiger partial charge in [-0.2, -0.15) is 8.42 Å². The lowest BCUT2D eigenvalue weighted by molar-refractivity contribution is -0.386. The van der Waals surface area contributed by atoms with Crippen LogP contribution in [0.3, 0.4) is 0 Å². The molecule has 0 aromatic heterocycles. The van der Waals surface area contributed by atoms with Crippen molar-refractivity contribution in [3.63, 3.8) is 0 Å². The summed E-state index contributed by atoms with van der Waals surface area (Å²) in [6.45, 7) is 2.83. The minimum Gasteiger partial charge on any atom is -0.482 e. The summed E-state index contributed by atoms with van der Waals surface area (Å²) < 4.78 is 63.0. The first-order valence-electron chi connectivity index (χ1n) is 10.6. The molecule has 0 bridgehead atoms. The Bertz CT molecular complexity index is 1390. The smallest absolute Gasteiger partial charge is 0.337 e. The number of nitro benzene ring substituents is 1. The summed E-state index contributed by atoms with van der Waals surface area (Å²) in [5.74, 6) is -3.55. The molecule has 2 N–H and O–H groups in total. The first-order chi connectivity index (χ1) is 17.2. The number of esters is 1. The molecule has 3 atom stereocenters. The van der Waals surface area contributed by atoms with E-state index >= 15 is 0 Å². The first-order valence-corrected chi connectivity index (χ1v) is 12.1. The summed E-state index contributed by atoms with van der Waals surface area (Å²) in [4.78, 5) is 24.0. The molecule has 0 fully saturated rings. The average molecular weight is 541 g/mol. The van der Waals surface area contributed by atoms with Crippen molar-refractivity contribution in [3.05, 3.63) is 57.6 Å². The molecule has 2 aromatic carbocycles. The molecular weight excluding hydrogens is 516 g/mol. The third kappa shape index (κ3) is 3.61. The average Bonchev–Trinajstić information content (AvgIpc) is 3.23. The minimum absolute atomic E-state index is 0.0224. The van der Waals surface area contributed by atoms with Gasteiger partial charge in [-0.15, -0.1) is 0 Å². The van der Waals surface area contributed by atoms with Crippen LogP contribution in [0.4, 0.5) is 11.4 Å². The first kappa shape index (κ1) is 26.6. The van der Waals surface area contributed by atoms with Crippen LogP contribution in [0.1, 0.15) is 29.8 Å². The molecular formula is C22H24N2O12S. The lowest BCUT2D eigenvalue weighted by Gasteiger charge is -2.58. The van der Waals surface area contributed by atoms with Gasteiger partial charge in [-0.25, -0.2) is 4.79 Å². The fourth-order valence-corrected chi connectivity index (χ4v) is 5.53. The van der Waals surface area contributed by atoms with Crippen molar-refractivity contribution in [2.45, 2.75) is 36.5 Å². The lowest BCUT2D eigenvalue weighted by atomic mass is 9.78. The second kappa shape index (κ2) is 8.53. The molecule has 14 nitrogen and oxygen atoms in total. The summed E-state index contributed by atoms with van der Waals surface area (Å²) in [7, 11) is -1.79. The highest BCUT2D eigenvalue weighted by Gasteiger charge is 2.73. The second-order valence-corrected chi connectivity index (χ2v) is 10.2. The molecule has 0 amide bonds. The number of non-ortho nitro benzene ring substituents is 1. The van der Waals surface area contributed by atoms with Crippen molar-refractivity contribution in [3.8, 4) is 11.5 Å². The number of methoxy groups -OCH3 is 3. The summed E-state index contributed by atoms with van der Waals surface area (Å²) >= 11 is 0. The lowest BCUT2D eigenvalue weighted by Crippen LogP contribution is -2.77. The number of carbonyl (C=O) groups is 1. The van der Waals surface area contributed by atoms with Gasteiger partial charge in [0.1, 0.15) is 11.5 Å². The van der Waals surface area contributed by atoms with Crippen molar-refractivity contribution < 1.29 is 51.5 Å². The fourth-order valence-electron chi connectivity index (χ4n) is 4.78. The van der Waals surface area contributed by atoms with E-state index in [0.29, 0.717) is 0 Å². The molecule has 0 spiro atoms. The topological polar surface area (TPSA) is 184 Å². The Morgan fingerprint density at radius 2 is 1.76 bits per heavy atom. The van der Waals surface area contributed by atoms with Crippen LogP contribution in [-0.2, 0) is 30.1 Å². The highest BCUT2D eigenvalue weighted by Crippen LogP contribution is 2.59. The van der Waals surface area contributed by atoms with Crippen LogP contribution >= 0.6 is 0 Å². The predicted octanol–water partition coefficient (Wildman–Crippen LogP) is 1.76. The van der Waals surface area contributed by atoms with Crippen molar-refractivity contribution >= 4 is 27.5 Å². The summed E-state index contributed by atoms with van der Waals surface area (Å²) in [5.41, 5.74) is -7.28. The highest BCUT2D eigenvalue weighted by atomic mass is 32.2. The molecule has 2 heterocycles. The largest absolute Gasteiger partial charge is 0.482 e. The molecule has 2 aliphatic rings. The Labute approximate surface area is 211 Å². The molecule has 0 saturated heterocycles. The van der Waals surface area contributed by atoms with Gasteiger partial charge < -0.3 is 28.8 Å². The molecule has 4 rings (SSSR count). The number of nitrogens with zero attached hydrogens (tertiary/aromatic N) is 2. The van der Waals surface area contributed by atoms with E-state index < -0.39 is 49.4 Å². The Balaban J connectivity index is 2.17. The molecule has 0 aliphatic carbocycles. The number of nitro groups is 1. The summed E-state index contributed by atoms with van der Waals surface area (Å²) in [5, 5.41) is 23.7. The Morgan fingerprint density at radius 3 is 2.30 bits per heavy atom. The number of fused-ring (bicyclic) bond motifs is 2. The van der Waals surface area contributed by atoms with Crippen molar-refractivity contribution in [2.75, 3.05) is 26.2 Å². The van der Waals surface area contributed by atoms with E-state index in [1.807, 2.05) is 0 Å². The van der Waals surface area contributed by atoms with Crippen molar-refractivity contribution in [1.82, 2.24) is 0 Å². The molecule has 2 aromatic rings. The van der Waals surface area contributed by atoms with Crippen molar-refractivity contribution in [2.24, 2.45) is 0 Å². The van der Waals surface area contributed by atoms with Crippen LogP contribution in [0, 0.1) is 10.1 Å². The molecule has 0 saturated carbocycles. The summed E-state index contributed by atoms with van der Waals surface area (Å²) in [6.07, 6.45) is 0. The van der Waals surface area contributed by atoms with Crippen LogP contribution in [0.2, 0.25) is 0 Å². The van der Waals surface area contributed by atoms with E-state index in [2.05, 4.69) is 0 Å². The number of benzene rings is 2. The maximum atomic E-state index is 12.6. The van der Waals surface area contributed by atoms with E-state index in [0.717, 1.165) is 38.4 Å². The zero-order valence-corrected chi connectivity index (χ0v) is 21.1. The number of anilines is 1. The van der Waals surface area contributed by atoms with Gasteiger partial charge >= 0.3 is 21.6 Å². The molecule has 200 valence electrons. The number of hydrogen-bond donors (Lipinski definition) is 2. The number of carbonyl (C=O) groups excluding carboxylic acids is 1. The number of aliphatic hydroxyl groups is 1. The third-order valence-electron chi connectivity index (χ3n) is 6.44. The Hall–Kier alpha value is -3.50.